The Hall–Kier alpha value is -0.300. The highest BCUT2D eigenvalue weighted by Crippen LogP contribution is 2.29. The smallest absolute Gasteiger partial charge is 0.0128 e. The maximum absolute atomic E-state index is 6.04. The van der Waals surface area contributed by atoms with Crippen LogP contribution in [0.15, 0.2) is 11.6 Å². The lowest BCUT2D eigenvalue weighted by molar-refractivity contribution is 0.358. The van der Waals surface area contributed by atoms with Crippen LogP contribution < -0.4 is 5.73 Å². The molecule has 0 amide bonds. The minimum absolute atomic E-state index is 0.380. The van der Waals surface area contributed by atoms with Crippen LogP contribution in [0.3, 0.4) is 0 Å². The summed E-state index contributed by atoms with van der Waals surface area (Å²) in [4.78, 5) is 0. The molecule has 0 aromatic heterocycles. The van der Waals surface area contributed by atoms with Crippen molar-refractivity contribution in [3.63, 3.8) is 0 Å². The average molecular weight is 167 g/mol. The van der Waals surface area contributed by atoms with E-state index in [1.54, 1.807) is 5.57 Å². The van der Waals surface area contributed by atoms with Crippen molar-refractivity contribution in [1.29, 1.82) is 0 Å². The number of hydrogen-bond donors (Lipinski definition) is 1. The van der Waals surface area contributed by atoms with E-state index in [1.165, 1.54) is 19.3 Å². The molecule has 1 aliphatic rings. The first-order valence-electron chi connectivity index (χ1n) is 5.10. The molecule has 0 aromatic carbocycles. The Morgan fingerprint density at radius 1 is 1.50 bits per heavy atom. The topological polar surface area (TPSA) is 26.0 Å². The SMILES string of the molecule is CCCC1=CC(C)C(N)C(C)C1. The lowest BCUT2D eigenvalue weighted by Crippen LogP contribution is -2.37. The normalized spacial score (nSPS) is 36.3. The Morgan fingerprint density at radius 3 is 2.67 bits per heavy atom. The third-order valence-electron chi connectivity index (χ3n) is 2.92. The van der Waals surface area contributed by atoms with Crippen LogP contribution in [-0.4, -0.2) is 6.04 Å². The van der Waals surface area contributed by atoms with Gasteiger partial charge in [-0.05, 0) is 24.7 Å². The van der Waals surface area contributed by atoms with Gasteiger partial charge in [0.15, 0.2) is 0 Å². The van der Waals surface area contributed by atoms with Crippen LogP contribution in [-0.2, 0) is 0 Å². The maximum Gasteiger partial charge on any atom is 0.0128 e. The second-order valence-corrected chi connectivity index (χ2v) is 4.19. The minimum Gasteiger partial charge on any atom is -0.327 e. The number of nitrogens with two attached hydrogens (primary N) is 1. The van der Waals surface area contributed by atoms with Crippen molar-refractivity contribution in [1.82, 2.24) is 0 Å². The largest absolute Gasteiger partial charge is 0.327 e. The fraction of sp³-hybridized carbons (Fsp3) is 0.818. The van der Waals surface area contributed by atoms with Crippen LogP contribution in [0.1, 0.15) is 40.0 Å². The molecule has 0 saturated heterocycles. The van der Waals surface area contributed by atoms with Crippen molar-refractivity contribution < 1.29 is 0 Å². The molecule has 0 radical (unpaired) electrons. The molecule has 0 aromatic rings. The van der Waals surface area contributed by atoms with Gasteiger partial charge in [-0.1, -0.05) is 38.8 Å². The first-order chi connectivity index (χ1) is 5.65. The van der Waals surface area contributed by atoms with Crippen molar-refractivity contribution in [3.8, 4) is 0 Å². The molecule has 2 N–H and O–H groups in total. The zero-order valence-electron chi connectivity index (χ0n) is 8.51. The first-order valence-corrected chi connectivity index (χ1v) is 5.10. The highest BCUT2D eigenvalue weighted by molar-refractivity contribution is 5.12. The van der Waals surface area contributed by atoms with Crippen LogP contribution in [0.5, 0.6) is 0 Å². The minimum atomic E-state index is 0.380. The van der Waals surface area contributed by atoms with E-state index in [0.29, 0.717) is 17.9 Å². The van der Waals surface area contributed by atoms with Gasteiger partial charge in [0.05, 0.1) is 0 Å². The predicted octanol–water partition coefficient (Wildman–Crippen LogP) is 2.72. The number of rotatable bonds is 2. The highest BCUT2D eigenvalue weighted by Gasteiger charge is 2.23. The van der Waals surface area contributed by atoms with Gasteiger partial charge in [0.25, 0.3) is 0 Å². The quantitative estimate of drug-likeness (QED) is 0.629. The molecule has 12 heavy (non-hydrogen) atoms. The second-order valence-electron chi connectivity index (χ2n) is 4.19. The Bertz CT molecular complexity index is 172. The first kappa shape index (κ1) is 9.79. The standard InChI is InChI=1S/C11H21N/c1-4-5-10-6-8(2)11(12)9(3)7-10/h6,8-9,11H,4-5,7,12H2,1-3H3. The molecule has 0 spiro atoms. The van der Waals surface area contributed by atoms with Gasteiger partial charge in [-0.3, -0.25) is 0 Å². The Kier molecular flexibility index (Phi) is 3.33. The molecule has 1 heteroatoms. The van der Waals surface area contributed by atoms with E-state index in [-0.39, 0.29) is 0 Å². The lowest BCUT2D eigenvalue weighted by Gasteiger charge is -2.30. The monoisotopic (exact) mass is 167 g/mol. The Labute approximate surface area is 76.0 Å². The molecular formula is C11H21N. The number of hydrogen-bond acceptors (Lipinski definition) is 1. The van der Waals surface area contributed by atoms with Gasteiger partial charge in [-0.2, -0.15) is 0 Å². The molecule has 1 rings (SSSR count). The van der Waals surface area contributed by atoms with E-state index in [4.69, 9.17) is 5.73 Å². The zero-order chi connectivity index (χ0) is 9.14. The lowest BCUT2D eigenvalue weighted by atomic mass is 9.79. The summed E-state index contributed by atoms with van der Waals surface area (Å²) >= 11 is 0. The van der Waals surface area contributed by atoms with Crippen LogP contribution in [0.25, 0.3) is 0 Å². The van der Waals surface area contributed by atoms with E-state index in [0.717, 1.165) is 0 Å². The van der Waals surface area contributed by atoms with E-state index in [9.17, 15) is 0 Å². The highest BCUT2D eigenvalue weighted by atomic mass is 14.7. The molecule has 0 saturated carbocycles. The fourth-order valence-electron chi connectivity index (χ4n) is 2.13. The van der Waals surface area contributed by atoms with Gasteiger partial charge in [-0.25, -0.2) is 0 Å². The van der Waals surface area contributed by atoms with Gasteiger partial charge in [0.1, 0.15) is 0 Å². The van der Waals surface area contributed by atoms with Gasteiger partial charge in [0, 0.05) is 6.04 Å². The van der Waals surface area contributed by atoms with E-state index in [2.05, 4.69) is 26.8 Å². The molecule has 1 nitrogen and oxygen atoms in total. The molecule has 3 atom stereocenters. The summed E-state index contributed by atoms with van der Waals surface area (Å²) in [7, 11) is 0. The second kappa shape index (κ2) is 4.08. The molecule has 1 aliphatic carbocycles. The summed E-state index contributed by atoms with van der Waals surface area (Å²) in [5.74, 6) is 1.25. The van der Waals surface area contributed by atoms with Crippen LogP contribution >= 0.6 is 0 Å². The fourth-order valence-corrected chi connectivity index (χ4v) is 2.13. The van der Waals surface area contributed by atoms with Crippen molar-refractivity contribution in [2.24, 2.45) is 17.6 Å². The molecular weight excluding hydrogens is 146 g/mol. The Morgan fingerprint density at radius 2 is 2.17 bits per heavy atom. The summed E-state index contributed by atoms with van der Waals surface area (Å²) in [5, 5.41) is 0. The van der Waals surface area contributed by atoms with Crippen molar-refractivity contribution in [3.05, 3.63) is 11.6 Å². The molecule has 0 fully saturated rings. The van der Waals surface area contributed by atoms with Gasteiger partial charge in [0.2, 0.25) is 0 Å². The van der Waals surface area contributed by atoms with Crippen LogP contribution in [0.2, 0.25) is 0 Å². The predicted molar refractivity (Wildman–Crippen MR) is 53.9 cm³/mol. The van der Waals surface area contributed by atoms with E-state index in [1.807, 2.05) is 0 Å². The summed E-state index contributed by atoms with van der Waals surface area (Å²) in [6.07, 6.45) is 6.13. The average Bonchev–Trinajstić information content (AvgIpc) is 2.01. The third kappa shape index (κ3) is 2.10. The molecule has 0 bridgehead atoms. The summed E-state index contributed by atoms with van der Waals surface area (Å²) in [6, 6.07) is 0.380. The third-order valence-corrected chi connectivity index (χ3v) is 2.92. The molecule has 3 unspecified atom stereocenters. The maximum atomic E-state index is 6.04. The molecule has 0 aliphatic heterocycles. The van der Waals surface area contributed by atoms with Crippen LogP contribution in [0.4, 0.5) is 0 Å². The van der Waals surface area contributed by atoms with Crippen molar-refractivity contribution >= 4 is 0 Å². The van der Waals surface area contributed by atoms with Crippen molar-refractivity contribution in [2.75, 3.05) is 0 Å². The van der Waals surface area contributed by atoms with E-state index >= 15 is 0 Å². The zero-order valence-corrected chi connectivity index (χ0v) is 8.51. The summed E-state index contributed by atoms with van der Waals surface area (Å²) in [5.41, 5.74) is 7.66. The Balaban J connectivity index is 2.61. The molecule has 0 heterocycles. The van der Waals surface area contributed by atoms with Crippen molar-refractivity contribution in [2.45, 2.75) is 46.1 Å². The van der Waals surface area contributed by atoms with Gasteiger partial charge >= 0.3 is 0 Å². The summed E-state index contributed by atoms with van der Waals surface area (Å²) < 4.78 is 0. The van der Waals surface area contributed by atoms with Gasteiger partial charge < -0.3 is 5.73 Å². The number of allylic oxidation sites excluding steroid dienone is 1. The van der Waals surface area contributed by atoms with E-state index < -0.39 is 0 Å². The van der Waals surface area contributed by atoms with Crippen LogP contribution in [0, 0.1) is 11.8 Å². The molecule has 70 valence electrons. The summed E-state index contributed by atoms with van der Waals surface area (Å²) in [6.45, 7) is 6.74. The van der Waals surface area contributed by atoms with Gasteiger partial charge in [-0.15, -0.1) is 0 Å².